The number of rotatable bonds is 3. The van der Waals surface area contributed by atoms with Crippen molar-refractivity contribution in [1.29, 1.82) is 0 Å². The van der Waals surface area contributed by atoms with Crippen LogP contribution in [0, 0.1) is 28.6 Å². The zero-order valence-electron chi connectivity index (χ0n) is 16.7. The van der Waals surface area contributed by atoms with Gasteiger partial charge in [0.25, 0.3) is 0 Å². The van der Waals surface area contributed by atoms with E-state index in [0.29, 0.717) is 24.3 Å². The number of carbonyl (C=O) groups excluding carboxylic acids is 2. The Hall–Kier alpha value is -1.58. The Morgan fingerprint density at radius 2 is 2.04 bits per heavy atom. The molecule has 1 saturated carbocycles. The molecule has 4 atom stereocenters. The highest BCUT2D eigenvalue weighted by atomic mass is 16.2. The van der Waals surface area contributed by atoms with Crippen molar-refractivity contribution >= 4 is 11.8 Å². The van der Waals surface area contributed by atoms with E-state index in [0.717, 1.165) is 12.8 Å². The van der Waals surface area contributed by atoms with Crippen molar-refractivity contribution in [2.75, 3.05) is 6.54 Å². The van der Waals surface area contributed by atoms with Crippen LogP contribution in [0.25, 0.3) is 0 Å². The maximum Gasteiger partial charge on any atom is 0.309 e. The molecule has 0 bridgehead atoms. The van der Waals surface area contributed by atoms with E-state index in [1.54, 1.807) is 11.1 Å². The summed E-state index contributed by atoms with van der Waals surface area (Å²) < 4.78 is 0. The highest BCUT2D eigenvalue weighted by molar-refractivity contribution is 6.34. The first-order valence-electron chi connectivity index (χ1n) is 10.2. The lowest BCUT2D eigenvalue weighted by molar-refractivity contribution is -0.138. The monoisotopic (exact) mass is 358 g/mol. The summed E-state index contributed by atoms with van der Waals surface area (Å²) in [5, 5.41) is 2.79. The van der Waals surface area contributed by atoms with Gasteiger partial charge >= 0.3 is 11.8 Å². The minimum Gasteiger partial charge on any atom is -0.361 e. The van der Waals surface area contributed by atoms with Gasteiger partial charge in [-0.3, -0.25) is 9.59 Å². The van der Waals surface area contributed by atoms with Gasteiger partial charge in [0.1, 0.15) is 0 Å². The number of hydrogen-bond acceptors (Lipinski definition) is 2. The maximum absolute atomic E-state index is 11.7. The first-order chi connectivity index (χ1) is 12.2. The highest BCUT2D eigenvalue weighted by Gasteiger charge is 2.54. The lowest BCUT2D eigenvalue weighted by Crippen LogP contribution is -2.54. The van der Waals surface area contributed by atoms with E-state index in [9.17, 15) is 9.59 Å². The molecule has 4 heteroatoms. The lowest BCUT2D eigenvalue weighted by Gasteiger charge is -2.58. The molecule has 26 heavy (non-hydrogen) atoms. The molecule has 3 aliphatic carbocycles. The molecule has 0 aliphatic heterocycles. The lowest BCUT2D eigenvalue weighted by atomic mass is 9.47. The van der Waals surface area contributed by atoms with Gasteiger partial charge in [0.2, 0.25) is 0 Å². The molecule has 0 heterocycles. The van der Waals surface area contributed by atoms with Gasteiger partial charge in [-0.15, -0.1) is 0 Å². The Morgan fingerprint density at radius 3 is 2.69 bits per heavy atom. The smallest absolute Gasteiger partial charge is 0.309 e. The van der Waals surface area contributed by atoms with E-state index in [-0.39, 0.29) is 10.8 Å². The maximum atomic E-state index is 11.7. The van der Waals surface area contributed by atoms with Crippen LogP contribution in [-0.2, 0) is 9.59 Å². The van der Waals surface area contributed by atoms with Gasteiger partial charge in [-0.1, -0.05) is 51.8 Å². The number of allylic oxidation sites excluding steroid dienone is 4. The van der Waals surface area contributed by atoms with Crippen LogP contribution < -0.4 is 11.1 Å². The van der Waals surface area contributed by atoms with E-state index in [1.807, 2.05) is 0 Å². The van der Waals surface area contributed by atoms with Gasteiger partial charge in [0.05, 0.1) is 0 Å². The number of amides is 2. The van der Waals surface area contributed by atoms with Crippen LogP contribution in [0.2, 0.25) is 0 Å². The summed E-state index contributed by atoms with van der Waals surface area (Å²) in [4.78, 5) is 22.8. The Kier molecular flexibility index (Phi) is 5.06. The summed E-state index contributed by atoms with van der Waals surface area (Å²) in [6, 6.07) is 0. The average molecular weight is 359 g/mol. The second-order valence-electron chi connectivity index (χ2n) is 9.52. The minimum absolute atomic E-state index is 0.0161. The molecule has 1 unspecified atom stereocenters. The van der Waals surface area contributed by atoms with Gasteiger partial charge in [-0.25, -0.2) is 0 Å². The Morgan fingerprint density at radius 1 is 1.31 bits per heavy atom. The van der Waals surface area contributed by atoms with Crippen LogP contribution in [0.3, 0.4) is 0 Å². The second-order valence-corrected chi connectivity index (χ2v) is 9.52. The molecule has 2 amide bonds. The van der Waals surface area contributed by atoms with Crippen LogP contribution in [-0.4, -0.2) is 18.4 Å². The van der Waals surface area contributed by atoms with Crippen molar-refractivity contribution in [3.05, 3.63) is 23.3 Å². The van der Waals surface area contributed by atoms with Crippen LogP contribution in [0.5, 0.6) is 0 Å². The zero-order chi connectivity index (χ0) is 19.1. The molecule has 0 saturated heterocycles. The van der Waals surface area contributed by atoms with Gasteiger partial charge in [-0.2, -0.15) is 0 Å². The van der Waals surface area contributed by atoms with Crippen molar-refractivity contribution in [3.8, 4) is 0 Å². The third-order valence-corrected chi connectivity index (χ3v) is 7.58. The Bertz CT molecular complexity index is 663. The molecule has 3 aliphatic rings. The summed E-state index contributed by atoms with van der Waals surface area (Å²) >= 11 is 0. The summed E-state index contributed by atoms with van der Waals surface area (Å²) in [5.74, 6) is 0.224. The highest BCUT2D eigenvalue weighted by Crippen LogP contribution is 2.61. The van der Waals surface area contributed by atoms with Gasteiger partial charge in [0, 0.05) is 6.54 Å². The fourth-order valence-corrected chi connectivity index (χ4v) is 6.05. The van der Waals surface area contributed by atoms with Crippen molar-refractivity contribution in [2.45, 2.75) is 66.2 Å². The number of fused-ring (bicyclic) bond motifs is 3. The molecule has 0 aromatic heterocycles. The number of carbonyl (C=O) groups is 2. The standard InChI is InChI=1S/C22H34N2O2/c1-14(2)15-6-8-17-16(12-15)7-9-18-21(3,10-5-11-22(17,18)4)13-24-20(26)19(23)25/h7,12,14,17-18H,5-6,8-11,13H2,1-4H3,(H2,23,25)(H,24,26)/t17-,18?,21-,22-/m1/s1. The number of hydrogen-bond donors (Lipinski definition) is 2. The predicted molar refractivity (Wildman–Crippen MR) is 104 cm³/mol. The number of nitrogens with two attached hydrogens (primary N) is 1. The first-order valence-corrected chi connectivity index (χ1v) is 10.2. The molecule has 144 valence electrons. The quantitative estimate of drug-likeness (QED) is 0.755. The molecular formula is C22H34N2O2. The summed E-state index contributed by atoms with van der Waals surface area (Å²) in [7, 11) is 0. The SMILES string of the molecule is CC(C)C1=CC2=CCC3[C@@](C)(CNC(=O)C(N)=O)CCC[C@]3(C)[C@@H]2CC1. The van der Waals surface area contributed by atoms with Crippen molar-refractivity contribution in [3.63, 3.8) is 0 Å². The third-order valence-electron chi connectivity index (χ3n) is 7.58. The fourth-order valence-electron chi connectivity index (χ4n) is 6.05. The van der Waals surface area contributed by atoms with E-state index in [1.165, 1.54) is 25.7 Å². The molecule has 0 radical (unpaired) electrons. The van der Waals surface area contributed by atoms with Gasteiger partial charge in [-0.05, 0) is 66.3 Å². The molecule has 3 rings (SSSR count). The van der Waals surface area contributed by atoms with E-state index >= 15 is 0 Å². The van der Waals surface area contributed by atoms with Gasteiger partial charge < -0.3 is 11.1 Å². The zero-order valence-corrected chi connectivity index (χ0v) is 16.7. The van der Waals surface area contributed by atoms with E-state index in [2.05, 4.69) is 45.2 Å². The third kappa shape index (κ3) is 3.23. The normalized spacial score (nSPS) is 36.5. The molecule has 4 nitrogen and oxygen atoms in total. The van der Waals surface area contributed by atoms with Crippen molar-refractivity contribution in [2.24, 2.45) is 34.3 Å². The van der Waals surface area contributed by atoms with Crippen molar-refractivity contribution < 1.29 is 9.59 Å². The molecule has 3 N–H and O–H groups in total. The van der Waals surface area contributed by atoms with Crippen LogP contribution in [0.15, 0.2) is 23.3 Å². The Balaban J connectivity index is 1.85. The van der Waals surface area contributed by atoms with Crippen LogP contribution in [0.4, 0.5) is 0 Å². The Labute approximate surface area is 157 Å². The van der Waals surface area contributed by atoms with Crippen LogP contribution in [0.1, 0.15) is 66.2 Å². The topological polar surface area (TPSA) is 72.2 Å². The molecule has 1 fully saturated rings. The number of nitrogens with one attached hydrogen (secondary N) is 1. The second kappa shape index (κ2) is 6.86. The van der Waals surface area contributed by atoms with E-state index in [4.69, 9.17) is 5.73 Å². The number of primary amides is 1. The average Bonchev–Trinajstić information content (AvgIpc) is 2.59. The van der Waals surface area contributed by atoms with Crippen molar-refractivity contribution in [1.82, 2.24) is 5.32 Å². The first kappa shape index (κ1) is 19.2. The molecule has 0 aromatic rings. The van der Waals surface area contributed by atoms with Crippen LogP contribution >= 0.6 is 0 Å². The molecular weight excluding hydrogens is 324 g/mol. The predicted octanol–water partition coefficient (Wildman–Crippen LogP) is 3.72. The molecule has 0 spiro atoms. The summed E-state index contributed by atoms with van der Waals surface area (Å²) in [5.41, 5.74) is 8.53. The fraction of sp³-hybridized carbons (Fsp3) is 0.727. The summed E-state index contributed by atoms with van der Waals surface area (Å²) in [6.45, 7) is 9.88. The van der Waals surface area contributed by atoms with E-state index < -0.39 is 11.8 Å². The van der Waals surface area contributed by atoms with Gasteiger partial charge in [0.15, 0.2) is 0 Å². The minimum atomic E-state index is -0.892. The summed E-state index contributed by atoms with van der Waals surface area (Å²) in [6.07, 6.45) is 12.0. The largest absolute Gasteiger partial charge is 0.361 e. The molecule has 0 aromatic carbocycles.